The van der Waals surface area contributed by atoms with Gasteiger partial charge in [-0.15, -0.1) is 0 Å². The van der Waals surface area contributed by atoms with Crippen molar-refractivity contribution in [2.24, 2.45) is 0 Å². The van der Waals surface area contributed by atoms with Crippen molar-refractivity contribution in [1.29, 1.82) is 0 Å². The van der Waals surface area contributed by atoms with E-state index >= 15 is 0 Å². The van der Waals surface area contributed by atoms with Crippen molar-refractivity contribution in [1.82, 2.24) is 0 Å². The van der Waals surface area contributed by atoms with Gasteiger partial charge in [-0.3, -0.25) is 0 Å². The number of anilines is 1. The Morgan fingerprint density at radius 1 is 1.31 bits per heavy atom. The second kappa shape index (κ2) is 5.02. The molecule has 0 fully saturated rings. The Bertz CT molecular complexity index is 404. The molecule has 2 rings (SSSR count). The molecule has 1 aromatic rings. The minimum Gasteiger partial charge on any atom is -0.364 e. The zero-order chi connectivity index (χ0) is 11.4. The monoisotopic (exact) mass is 213 g/mol. The molecule has 0 aromatic heterocycles. The van der Waals surface area contributed by atoms with Crippen LogP contribution >= 0.6 is 0 Å². The average Bonchev–Trinajstić information content (AvgIpc) is 2.33. The zero-order valence-corrected chi connectivity index (χ0v) is 10.1. The molecule has 0 N–H and O–H groups in total. The van der Waals surface area contributed by atoms with Gasteiger partial charge < -0.3 is 4.90 Å². The number of nitrogens with zero attached hydrogens (tertiary/aromatic N) is 1. The van der Waals surface area contributed by atoms with E-state index in [0.29, 0.717) is 6.04 Å². The van der Waals surface area contributed by atoms with E-state index in [0.717, 1.165) is 0 Å². The van der Waals surface area contributed by atoms with Crippen LogP contribution in [0.2, 0.25) is 0 Å². The van der Waals surface area contributed by atoms with Crippen LogP contribution in [0.25, 0.3) is 6.08 Å². The molecule has 16 heavy (non-hydrogen) atoms. The molecule has 1 nitrogen and oxygen atoms in total. The first-order valence-electron chi connectivity index (χ1n) is 5.99. The summed E-state index contributed by atoms with van der Waals surface area (Å²) in [5.41, 5.74) is 2.63. The van der Waals surface area contributed by atoms with Crippen LogP contribution in [0.15, 0.2) is 42.5 Å². The molecule has 84 valence electrons. The van der Waals surface area contributed by atoms with Crippen LogP contribution in [-0.4, -0.2) is 13.1 Å². The Labute approximate surface area is 98.1 Å². The second-order valence-electron chi connectivity index (χ2n) is 4.24. The summed E-state index contributed by atoms with van der Waals surface area (Å²) < 4.78 is 0. The van der Waals surface area contributed by atoms with Gasteiger partial charge in [-0.1, -0.05) is 55.8 Å². The van der Waals surface area contributed by atoms with Gasteiger partial charge in [0.25, 0.3) is 0 Å². The SMILES string of the molecule is CCC/C=C/[C@@H]1C=Cc2ccccc2N1C. The standard InChI is InChI=1S/C15H19N/c1-3-4-5-9-14-12-11-13-8-6-7-10-15(13)16(14)2/h5-12,14H,3-4H2,1-2H3/b9-5+/t14-/m1/s1. The molecule has 0 spiro atoms. The maximum atomic E-state index is 2.32. The molecule has 0 unspecified atom stereocenters. The summed E-state index contributed by atoms with van der Waals surface area (Å²) in [6, 6.07) is 8.93. The van der Waals surface area contributed by atoms with Gasteiger partial charge in [0.1, 0.15) is 0 Å². The van der Waals surface area contributed by atoms with Crippen molar-refractivity contribution in [3.63, 3.8) is 0 Å². The van der Waals surface area contributed by atoms with Crippen LogP contribution in [0.1, 0.15) is 25.3 Å². The third kappa shape index (κ3) is 2.19. The molecule has 0 radical (unpaired) electrons. The molecule has 0 saturated carbocycles. The summed E-state index contributed by atoms with van der Waals surface area (Å²) in [4.78, 5) is 2.32. The minimum atomic E-state index is 0.404. The van der Waals surface area contributed by atoms with Crippen LogP contribution in [0.3, 0.4) is 0 Å². The van der Waals surface area contributed by atoms with E-state index in [-0.39, 0.29) is 0 Å². The van der Waals surface area contributed by atoms with E-state index in [1.807, 2.05) is 0 Å². The Kier molecular flexibility index (Phi) is 3.45. The van der Waals surface area contributed by atoms with Gasteiger partial charge in [-0.2, -0.15) is 0 Å². The van der Waals surface area contributed by atoms with E-state index in [2.05, 4.69) is 67.4 Å². The smallest absolute Gasteiger partial charge is 0.0657 e. The first-order valence-corrected chi connectivity index (χ1v) is 5.99. The minimum absolute atomic E-state index is 0.404. The zero-order valence-electron chi connectivity index (χ0n) is 10.1. The lowest BCUT2D eigenvalue weighted by molar-refractivity contribution is 0.871. The van der Waals surface area contributed by atoms with Gasteiger partial charge in [-0.25, -0.2) is 0 Å². The first-order chi connectivity index (χ1) is 7.83. The average molecular weight is 213 g/mol. The van der Waals surface area contributed by atoms with Gasteiger partial charge in [0.2, 0.25) is 0 Å². The summed E-state index contributed by atoms with van der Waals surface area (Å²) in [7, 11) is 2.16. The topological polar surface area (TPSA) is 3.24 Å². The van der Waals surface area contributed by atoms with Crippen molar-refractivity contribution in [2.45, 2.75) is 25.8 Å². The molecular formula is C15H19N. The molecule has 1 heterocycles. The van der Waals surface area contributed by atoms with Crippen LogP contribution in [-0.2, 0) is 0 Å². The number of rotatable bonds is 3. The van der Waals surface area contributed by atoms with E-state index < -0.39 is 0 Å². The van der Waals surface area contributed by atoms with Gasteiger partial charge in [0.05, 0.1) is 6.04 Å². The van der Waals surface area contributed by atoms with Gasteiger partial charge >= 0.3 is 0 Å². The lowest BCUT2D eigenvalue weighted by Crippen LogP contribution is -2.30. The van der Waals surface area contributed by atoms with Crippen LogP contribution in [0.4, 0.5) is 5.69 Å². The summed E-state index contributed by atoms with van der Waals surface area (Å²) >= 11 is 0. The molecule has 1 heteroatoms. The van der Waals surface area contributed by atoms with Crippen molar-refractivity contribution < 1.29 is 0 Å². The number of benzene rings is 1. The Hall–Kier alpha value is -1.50. The largest absolute Gasteiger partial charge is 0.364 e. The number of allylic oxidation sites excluding steroid dienone is 1. The van der Waals surface area contributed by atoms with Gasteiger partial charge in [-0.05, 0) is 18.1 Å². The maximum absolute atomic E-state index is 2.32. The summed E-state index contributed by atoms with van der Waals surface area (Å²) in [5.74, 6) is 0. The maximum Gasteiger partial charge on any atom is 0.0657 e. The summed E-state index contributed by atoms with van der Waals surface area (Å²) in [6.07, 6.45) is 11.4. The van der Waals surface area contributed by atoms with Crippen molar-refractivity contribution in [2.75, 3.05) is 11.9 Å². The Morgan fingerprint density at radius 3 is 2.94 bits per heavy atom. The molecule has 0 saturated heterocycles. The van der Waals surface area contributed by atoms with Crippen LogP contribution in [0.5, 0.6) is 0 Å². The summed E-state index contributed by atoms with van der Waals surface area (Å²) in [5, 5.41) is 0. The number of unbranched alkanes of at least 4 members (excludes halogenated alkanes) is 1. The van der Waals surface area contributed by atoms with Crippen molar-refractivity contribution in [3.05, 3.63) is 48.1 Å². The highest BCUT2D eigenvalue weighted by Gasteiger charge is 2.15. The fourth-order valence-electron chi connectivity index (χ4n) is 2.04. The molecule has 1 aliphatic rings. The lowest BCUT2D eigenvalue weighted by Gasteiger charge is -2.30. The fourth-order valence-corrected chi connectivity index (χ4v) is 2.04. The second-order valence-corrected chi connectivity index (χ2v) is 4.24. The third-order valence-electron chi connectivity index (χ3n) is 3.03. The van der Waals surface area contributed by atoms with Crippen molar-refractivity contribution >= 4 is 11.8 Å². The number of likely N-dealkylation sites (N-methyl/N-ethyl adjacent to an activating group) is 1. The fraction of sp³-hybridized carbons (Fsp3) is 0.333. The van der Waals surface area contributed by atoms with Gasteiger partial charge in [0, 0.05) is 12.7 Å². The highest BCUT2D eigenvalue weighted by atomic mass is 15.1. The molecule has 0 aliphatic carbocycles. The van der Waals surface area contributed by atoms with E-state index in [1.165, 1.54) is 24.1 Å². The van der Waals surface area contributed by atoms with Gasteiger partial charge in [0.15, 0.2) is 0 Å². The Balaban J connectivity index is 2.18. The number of hydrogen-bond donors (Lipinski definition) is 0. The third-order valence-corrected chi connectivity index (χ3v) is 3.03. The summed E-state index contributed by atoms with van der Waals surface area (Å²) in [6.45, 7) is 2.21. The number of para-hydroxylation sites is 1. The highest BCUT2D eigenvalue weighted by Crippen LogP contribution is 2.27. The van der Waals surface area contributed by atoms with E-state index in [1.54, 1.807) is 0 Å². The molecule has 1 aliphatic heterocycles. The molecular weight excluding hydrogens is 194 g/mol. The predicted octanol–water partition coefficient (Wildman–Crippen LogP) is 3.87. The predicted molar refractivity (Wildman–Crippen MR) is 71.7 cm³/mol. The van der Waals surface area contributed by atoms with Crippen LogP contribution < -0.4 is 4.90 Å². The molecule has 0 bridgehead atoms. The lowest BCUT2D eigenvalue weighted by atomic mass is 10.0. The molecule has 1 atom stereocenters. The first kappa shape index (κ1) is 11.0. The number of fused-ring (bicyclic) bond motifs is 1. The number of hydrogen-bond acceptors (Lipinski definition) is 1. The normalized spacial score (nSPS) is 19.1. The van der Waals surface area contributed by atoms with Crippen molar-refractivity contribution in [3.8, 4) is 0 Å². The molecule has 1 aromatic carbocycles. The molecule has 0 amide bonds. The van der Waals surface area contributed by atoms with E-state index in [9.17, 15) is 0 Å². The van der Waals surface area contributed by atoms with Crippen LogP contribution in [0, 0.1) is 0 Å². The quantitative estimate of drug-likeness (QED) is 0.689. The highest BCUT2D eigenvalue weighted by molar-refractivity contribution is 5.72. The Morgan fingerprint density at radius 2 is 2.12 bits per heavy atom. The van der Waals surface area contributed by atoms with E-state index in [4.69, 9.17) is 0 Å².